The molecule has 2 unspecified atom stereocenters. The van der Waals surface area contributed by atoms with E-state index in [1.165, 1.54) is 24.3 Å². The number of carbonyl (C=O) groups excluding carboxylic acids is 3. The molecule has 2 aliphatic rings. The summed E-state index contributed by atoms with van der Waals surface area (Å²) in [5.41, 5.74) is 7.42. The van der Waals surface area contributed by atoms with Crippen molar-refractivity contribution in [2.24, 2.45) is 5.73 Å². The molecule has 3 amide bonds. The number of hydrogen-bond donors (Lipinski definition) is 3. The number of piperazine rings is 1. The normalized spacial score (nSPS) is 19.5. The van der Waals surface area contributed by atoms with Crippen molar-refractivity contribution in [3.8, 4) is 12.8 Å². The first-order chi connectivity index (χ1) is 23.8. The zero-order valence-electron chi connectivity index (χ0n) is 29.8. The highest BCUT2D eigenvalue weighted by molar-refractivity contribution is 7.89. The van der Waals surface area contributed by atoms with Crippen molar-refractivity contribution in [1.29, 1.82) is 0 Å². The van der Waals surface area contributed by atoms with Crippen LogP contribution in [0.1, 0.15) is 65.4 Å². The number of amides is 3. The third-order valence-electron chi connectivity index (χ3n) is 7.83. The standard InChI is InChI=1S/C34H44ClN5O5S.C2H6.C2H2/c1-6-8-10-13-29-25(5)37-33(42)30(40(29)46(44,45)31-17-16-27(35)20-23(31)3)22-32(41)38-28(21-26(7-2)15-14-24(4)36)34(43)39-18-11-9-12-19-39;2*1-2/h6-8,10,13-17,20,25,28,30H,1,4,9,11-12,18-19,21-22,36H2,2-3,5H3,(H,37,42)(H,38,41);1-2H3;1-2H/b10-8-,15-14-,26-7+,29-13+;;/t25?,28-,30?;;/m1../s1. The van der Waals surface area contributed by atoms with Crippen LogP contribution in [0.25, 0.3) is 0 Å². The first kappa shape index (κ1) is 43.5. The van der Waals surface area contributed by atoms with Gasteiger partial charge in [-0.1, -0.05) is 69.0 Å². The van der Waals surface area contributed by atoms with Gasteiger partial charge in [-0.25, -0.2) is 8.42 Å². The van der Waals surface area contributed by atoms with Gasteiger partial charge in [-0.3, -0.25) is 18.7 Å². The second-order valence-corrected chi connectivity index (χ2v) is 13.6. The van der Waals surface area contributed by atoms with E-state index in [-0.39, 0.29) is 22.9 Å². The van der Waals surface area contributed by atoms with Crippen LogP contribution in [-0.2, 0) is 24.4 Å². The zero-order valence-corrected chi connectivity index (χ0v) is 31.4. The van der Waals surface area contributed by atoms with Gasteiger partial charge in [0.1, 0.15) is 12.1 Å². The number of nitrogens with two attached hydrogens (primary N) is 1. The molecule has 2 saturated heterocycles. The molecule has 1 aromatic carbocycles. The van der Waals surface area contributed by atoms with Crippen LogP contribution >= 0.6 is 11.6 Å². The van der Waals surface area contributed by atoms with Gasteiger partial charge in [0, 0.05) is 30.2 Å². The number of terminal acetylenes is 1. The summed E-state index contributed by atoms with van der Waals surface area (Å²) in [4.78, 5) is 42.6. The van der Waals surface area contributed by atoms with Crippen molar-refractivity contribution in [2.45, 2.75) is 89.7 Å². The molecular formula is C38H52ClN5O5S. The molecule has 2 fully saturated rings. The molecule has 1 aromatic rings. The average molecular weight is 726 g/mol. The highest BCUT2D eigenvalue weighted by atomic mass is 35.5. The maximum atomic E-state index is 14.3. The van der Waals surface area contributed by atoms with Gasteiger partial charge in [0.05, 0.1) is 23.1 Å². The molecule has 0 spiro atoms. The molecule has 0 saturated carbocycles. The van der Waals surface area contributed by atoms with Gasteiger partial charge >= 0.3 is 0 Å². The number of carbonyl (C=O) groups is 3. The van der Waals surface area contributed by atoms with Gasteiger partial charge < -0.3 is 21.3 Å². The van der Waals surface area contributed by atoms with E-state index in [1.54, 1.807) is 49.1 Å². The van der Waals surface area contributed by atoms with Crippen molar-refractivity contribution in [3.05, 3.63) is 101 Å². The van der Waals surface area contributed by atoms with E-state index < -0.39 is 46.4 Å². The second kappa shape index (κ2) is 21.5. The monoisotopic (exact) mass is 725 g/mol. The predicted molar refractivity (Wildman–Crippen MR) is 203 cm³/mol. The molecule has 2 aliphatic heterocycles. The highest BCUT2D eigenvalue weighted by Gasteiger charge is 2.45. The molecule has 0 radical (unpaired) electrons. The number of benzene rings is 1. The number of sulfonamides is 1. The minimum atomic E-state index is -4.36. The number of nitrogens with one attached hydrogen (secondary N) is 2. The Bertz CT molecular complexity index is 1620. The molecule has 4 N–H and O–H groups in total. The van der Waals surface area contributed by atoms with Crippen molar-refractivity contribution < 1.29 is 22.8 Å². The van der Waals surface area contributed by atoms with Crippen molar-refractivity contribution in [2.75, 3.05) is 13.1 Å². The fourth-order valence-electron chi connectivity index (χ4n) is 5.50. The zero-order chi connectivity index (χ0) is 38.0. The first-order valence-corrected chi connectivity index (χ1v) is 18.4. The summed E-state index contributed by atoms with van der Waals surface area (Å²) >= 11 is 6.12. The molecule has 2 heterocycles. The van der Waals surface area contributed by atoms with E-state index in [0.717, 1.165) is 29.1 Å². The highest BCUT2D eigenvalue weighted by Crippen LogP contribution is 2.32. The average Bonchev–Trinajstić information content (AvgIpc) is 3.09. The topological polar surface area (TPSA) is 142 Å². The minimum absolute atomic E-state index is 0.0491. The predicted octanol–water partition coefficient (Wildman–Crippen LogP) is 5.68. The largest absolute Gasteiger partial charge is 0.399 e. The van der Waals surface area contributed by atoms with E-state index in [4.69, 9.17) is 17.3 Å². The fourth-order valence-corrected chi connectivity index (χ4v) is 7.64. The van der Waals surface area contributed by atoms with Crippen LogP contribution in [0.4, 0.5) is 0 Å². The van der Waals surface area contributed by atoms with Crippen molar-refractivity contribution >= 4 is 39.3 Å². The summed E-state index contributed by atoms with van der Waals surface area (Å²) in [6.45, 7) is 17.6. The number of allylic oxidation sites excluding steroid dienone is 7. The van der Waals surface area contributed by atoms with E-state index in [2.05, 4.69) is 36.6 Å². The van der Waals surface area contributed by atoms with Gasteiger partial charge in [-0.2, -0.15) is 0 Å². The maximum absolute atomic E-state index is 14.3. The molecule has 10 nitrogen and oxygen atoms in total. The lowest BCUT2D eigenvalue weighted by molar-refractivity contribution is -0.138. The van der Waals surface area contributed by atoms with Crippen molar-refractivity contribution in [3.63, 3.8) is 0 Å². The molecule has 0 bridgehead atoms. The number of likely N-dealkylation sites (tertiary alicyclic amines) is 1. The van der Waals surface area contributed by atoms with E-state index in [0.29, 0.717) is 29.4 Å². The van der Waals surface area contributed by atoms with Crippen LogP contribution in [0, 0.1) is 19.8 Å². The van der Waals surface area contributed by atoms with E-state index >= 15 is 0 Å². The minimum Gasteiger partial charge on any atom is -0.399 e. The Morgan fingerprint density at radius 3 is 2.36 bits per heavy atom. The van der Waals surface area contributed by atoms with Crippen molar-refractivity contribution in [1.82, 2.24) is 19.8 Å². The molecule has 50 heavy (non-hydrogen) atoms. The Labute approximate surface area is 303 Å². The smallest absolute Gasteiger partial charge is 0.265 e. The SMILES string of the molecule is C#C.C=C/C=C\C=C1/C(C)NC(=O)C(CC(=O)N[C@H](CC(/C=C\C(=C)N)=C/C)C(=O)N2CCCCC2)N1S(=O)(=O)c1ccc(Cl)cc1C.CC. The summed E-state index contributed by atoms with van der Waals surface area (Å²) in [6, 6.07) is 1.28. The fraction of sp³-hybridized carbons (Fsp3) is 0.395. The Morgan fingerprint density at radius 2 is 1.80 bits per heavy atom. The van der Waals surface area contributed by atoms with Gasteiger partial charge in [0.25, 0.3) is 10.0 Å². The van der Waals surface area contributed by atoms with Gasteiger partial charge in [0.15, 0.2) is 0 Å². The lowest BCUT2D eigenvalue weighted by Gasteiger charge is -2.41. The number of rotatable bonds is 12. The molecule has 272 valence electrons. The van der Waals surface area contributed by atoms with Gasteiger partial charge in [-0.05, 0) is 81.5 Å². The first-order valence-electron chi connectivity index (χ1n) is 16.6. The maximum Gasteiger partial charge on any atom is 0.265 e. The second-order valence-electron chi connectivity index (χ2n) is 11.4. The Balaban J connectivity index is 0.00000301. The molecule has 0 aromatic heterocycles. The molecular weight excluding hydrogens is 674 g/mol. The summed E-state index contributed by atoms with van der Waals surface area (Å²) < 4.78 is 29.6. The lowest BCUT2D eigenvalue weighted by Crippen LogP contribution is -2.60. The number of halogens is 1. The number of piperidine rings is 1. The molecule has 12 heteroatoms. The van der Waals surface area contributed by atoms with Crippen LogP contribution < -0.4 is 16.4 Å². The summed E-state index contributed by atoms with van der Waals surface area (Å²) in [6.07, 6.45) is 21.9. The molecule has 3 rings (SSSR count). The van der Waals surface area contributed by atoms with Crippen LogP contribution in [0.3, 0.4) is 0 Å². The Morgan fingerprint density at radius 1 is 1.16 bits per heavy atom. The van der Waals surface area contributed by atoms with Crippen LogP contribution in [0.15, 0.2) is 95.8 Å². The summed E-state index contributed by atoms with van der Waals surface area (Å²) in [7, 11) is -4.36. The third-order valence-corrected chi connectivity index (χ3v) is 10.1. The van der Waals surface area contributed by atoms with Crippen LogP contribution in [0.5, 0.6) is 0 Å². The lowest BCUT2D eigenvalue weighted by atomic mass is 10.0. The number of hydrogen-bond acceptors (Lipinski definition) is 6. The van der Waals surface area contributed by atoms with Gasteiger partial charge in [-0.15, -0.1) is 12.8 Å². The molecule has 0 aliphatic carbocycles. The molecule has 3 atom stereocenters. The van der Waals surface area contributed by atoms with E-state index in [9.17, 15) is 22.8 Å². The Hall–Kier alpha value is -4.53. The van der Waals surface area contributed by atoms with Crippen LogP contribution in [0.2, 0.25) is 5.02 Å². The van der Waals surface area contributed by atoms with Gasteiger partial charge in [0.2, 0.25) is 17.7 Å². The van der Waals surface area contributed by atoms with E-state index in [1.807, 2.05) is 26.8 Å². The Kier molecular flexibility index (Phi) is 18.7. The summed E-state index contributed by atoms with van der Waals surface area (Å²) in [5.74, 6) is -1.53. The van der Waals surface area contributed by atoms with Crippen LogP contribution in [-0.4, -0.2) is 66.6 Å². The summed E-state index contributed by atoms with van der Waals surface area (Å²) in [5, 5.41) is 5.98. The number of aryl methyl sites for hydroxylation is 1. The third kappa shape index (κ3) is 12.1. The number of nitrogens with zero attached hydrogens (tertiary/aromatic N) is 2. The quantitative estimate of drug-likeness (QED) is 0.187.